The first kappa shape index (κ1) is 29.0. The largest absolute Gasteiger partial charge is 0.407 e. The lowest BCUT2D eigenvalue weighted by Gasteiger charge is -2.44. The van der Waals surface area contributed by atoms with Gasteiger partial charge in [0.15, 0.2) is 5.78 Å². The summed E-state index contributed by atoms with van der Waals surface area (Å²) in [6, 6.07) is 30.7. The highest BCUT2D eigenvalue weighted by atomic mass is 28.4. The molecule has 5 heteroatoms. The molecule has 0 aliphatic carbocycles. The Bertz CT molecular complexity index is 1060. The molecule has 0 aromatic heterocycles. The van der Waals surface area contributed by atoms with E-state index in [0.29, 0.717) is 13.2 Å². The van der Waals surface area contributed by atoms with Gasteiger partial charge >= 0.3 is 0 Å². The highest BCUT2D eigenvalue weighted by molar-refractivity contribution is 6.99. The van der Waals surface area contributed by atoms with Gasteiger partial charge in [-0.3, -0.25) is 4.79 Å². The standard InChI is InChI=1S/C32H42O4Si/c1-24(30(33)25(2)31(34)26(3)35-23-27-16-10-7-11-17-27)22-36-37(32(4,5)6,28-18-12-8-13-19-28)29-20-14-9-15-21-29/h7-21,24-26,30,33H,22-23H2,1-6H3/t24-,25+,26+,30-/m1/s1. The van der Waals surface area contributed by atoms with Gasteiger partial charge in [0.2, 0.25) is 0 Å². The number of ether oxygens (including phenoxy) is 1. The first-order chi connectivity index (χ1) is 17.6. The number of hydrogen-bond acceptors (Lipinski definition) is 4. The fourth-order valence-electron chi connectivity index (χ4n) is 5.03. The molecule has 0 aliphatic rings. The van der Waals surface area contributed by atoms with E-state index in [1.165, 1.54) is 10.4 Å². The van der Waals surface area contributed by atoms with E-state index in [9.17, 15) is 9.90 Å². The summed E-state index contributed by atoms with van der Waals surface area (Å²) in [5.41, 5.74) is 1.02. The molecule has 37 heavy (non-hydrogen) atoms. The molecule has 4 nitrogen and oxygen atoms in total. The molecule has 0 unspecified atom stereocenters. The third kappa shape index (κ3) is 6.85. The lowest BCUT2D eigenvalue weighted by atomic mass is 9.89. The van der Waals surface area contributed by atoms with Gasteiger partial charge < -0.3 is 14.3 Å². The van der Waals surface area contributed by atoms with Gasteiger partial charge in [-0.05, 0) is 27.9 Å². The molecule has 198 valence electrons. The maximum atomic E-state index is 13.1. The van der Waals surface area contributed by atoms with E-state index in [4.69, 9.17) is 9.16 Å². The van der Waals surface area contributed by atoms with Gasteiger partial charge in [-0.25, -0.2) is 0 Å². The molecule has 1 N–H and O–H groups in total. The molecule has 0 saturated heterocycles. The van der Waals surface area contributed by atoms with Crippen molar-refractivity contribution >= 4 is 24.5 Å². The van der Waals surface area contributed by atoms with E-state index in [0.717, 1.165) is 5.56 Å². The van der Waals surface area contributed by atoms with Crippen molar-refractivity contribution in [3.8, 4) is 0 Å². The van der Waals surface area contributed by atoms with E-state index in [1.807, 2.05) is 49.4 Å². The zero-order chi connectivity index (χ0) is 27.1. The topological polar surface area (TPSA) is 55.8 Å². The van der Waals surface area contributed by atoms with Crippen LogP contribution in [0.3, 0.4) is 0 Å². The summed E-state index contributed by atoms with van der Waals surface area (Å²) in [6.45, 7) is 12.9. The van der Waals surface area contributed by atoms with Crippen molar-refractivity contribution in [2.75, 3.05) is 6.61 Å². The molecule has 0 aliphatic heterocycles. The number of rotatable bonds is 12. The molecular weight excluding hydrogens is 476 g/mol. The Morgan fingerprint density at radius 3 is 1.73 bits per heavy atom. The van der Waals surface area contributed by atoms with Crippen LogP contribution in [0.1, 0.15) is 47.1 Å². The summed E-state index contributed by atoms with van der Waals surface area (Å²) in [4.78, 5) is 13.1. The summed E-state index contributed by atoms with van der Waals surface area (Å²) in [6.07, 6.45) is -1.44. The minimum absolute atomic E-state index is 0.0965. The van der Waals surface area contributed by atoms with Crippen molar-refractivity contribution in [2.24, 2.45) is 11.8 Å². The quantitative estimate of drug-likeness (QED) is 0.328. The summed E-state index contributed by atoms with van der Waals surface area (Å²) in [5.74, 6) is -0.897. The highest BCUT2D eigenvalue weighted by Gasteiger charge is 2.50. The smallest absolute Gasteiger partial charge is 0.261 e. The van der Waals surface area contributed by atoms with Gasteiger partial charge in [0, 0.05) is 18.4 Å². The lowest BCUT2D eigenvalue weighted by molar-refractivity contribution is -0.138. The first-order valence-corrected chi connectivity index (χ1v) is 15.1. The van der Waals surface area contributed by atoms with Crippen LogP contribution in [0.5, 0.6) is 0 Å². The fraction of sp³-hybridized carbons (Fsp3) is 0.406. The van der Waals surface area contributed by atoms with Crippen molar-refractivity contribution in [1.82, 2.24) is 0 Å². The van der Waals surface area contributed by atoms with Gasteiger partial charge in [-0.1, -0.05) is 126 Å². The van der Waals surface area contributed by atoms with Crippen LogP contribution in [-0.4, -0.2) is 38.0 Å². The summed E-state index contributed by atoms with van der Waals surface area (Å²) in [5, 5.41) is 13.4. The average Bonchev–Trinajstić information content (AvgIpc) is 2.91. The Kier molecular flexibility index (Phi) is 10.0. The number of hydrogen-bond donors (Lipinski definition) is 1. The second-order valence-electron chi connectivity index (χ2n) is 11.1. The maximum absolute atomic E-state index is 13.1. The van der Waals surface area contributed by atoms with Gasteiger partial charge in [0.25, 0.3) is 8.32 Å². The van der Waals surface area contributed by atoms with E-state index >= 15 is 0 Å². The molecule has 0 heterocycles. The van der Waals surface area contributed by atoms with Crippen LogP contribution in [0.4, 0.5) is 0 Å². The maximum Gasteiger partial charge on any atom is 0.261 e. The summed E-state index contributed by atoms with van der Waals surface area (Å²) >= 11 is 0. The Hall–Kier alpha value is -2.57. The third-order valence-electron chi connectivity index (χ3n) is 7.27. The first-order valence-electron chi connectivity index (χ1n) is 13.2. The monoisotopic (exact) mass is 518 g/mol. The number of aliphatic hydroxyl groups excluding tert-OH is 1. The SMILES string of the molecule is C[C@H](OCc1ccccc1)C(=O)[C@@H](C)[C@H](O)[C@H](C)CO[Si](c1ccccc1)(c1ccccc1)C(C)(C)C. The van der Waals surface area contributed by atoms with Crippen molar-refractivity contribution in [2.45, 2.75) is 65.4 Å². The van der Waals surface area contributed by atoms with Gasteiger partial charge in [0.1, 0.15) is 6.10 Å². The molecule has 0 radical (unpaired) electrons. The lowest BCUT2D eigenvalue weighted by Crippen LogP contribution is -2.67. The molecule has 0 amide bonds. The highest BCUT2D eigenvalue weighted by Crippen LogP contribution is 2.37. The molecule has 4 atom stereocenters. The Morgan fingerprint density at radius 1 is 0.811 bits per heavy atom. The number of carbonyl (C=O) groups excluding carboxylic acids is 1. The van der Waals surface area contributed by atoms with Crippen LogP contribution in [0.2, 0.25) is 5.04 Å². The van der Waals surface area contributed by atoms with Crippen LogP contribution < -0.4 is 10.4 Å². The summed E-state index contributed by atoms with van der Waals surface area (Å²) < 4.78 is 12.8. The number of ketones is 1. The molecule has 0 saturated carbocycles. The van der Waals surface area contributed by atoms with Crippen molar-refractivity contribution < 1.29 is 19.1 Å². The fourth-order valence-corrected chi connectivity index (χ4v) is 9.69. The van der Waals surface area contributed by atoms with E-state index in [2.05, 4.69) is 69.3 Å². The van der Waals surface area contributed by atoms with E-state index in [-0.39, 0.29) is 16.7 Å². The molecule has 3 aromatic rings. The zero-order valence-corrected chi connectivity index (χ0v) is 24.1. The van der Waals surface area contributed by atoms with E-state index in [1.54, 1.807) is 13.8 Å². The van der Waals surface area contributed by atoms with Crippen molar-refractivity contribution in [3.05, 3.63) is 96.6 Å². The molecule has 0 fully saturated rings. The van der Waals surface area contributed by atoms with Crippen LogP contribution in [-0.2, 0) is 20.6 Å². The number of aliphatic hydroxyl groups is 1. The average molecular weight is 519 g/mol. The predicted molar refractivity (Wildman–Crippen MR) is 154 cm³/mol. The second-order valence-corrected chi connectivity index (χ2v) is 15.4. The number of Topliss-reactive ketones (excluding diaryl/α,β-unsaturated/α-hetero) is 1. The molecule has 3 rings (SSSR count). The zero-order valence-electron chi connectivity index (χ0n) is 23.1. The minimum atomic E-state index is -2.71. The van der Waals surface area contributed by atoms with E-state index < -0.39 is 26.4 Å². The van der Waals surface area contributed by atoms with Crippen LogP contribution in [0.25, 0.3) is 0 Å². The number of benzene rings is 3. The molecule has 0 spiro atoms. The Morgan fingerprint density at radius 2 is 1.27 bits per heavy atom. The van der Waals surface area contributed by atoms with Crippen LogP contribution in [0.15, 0.2) is 91.0 Å². The minimum Gasteiger partial charge on any atom is -0.407 e. The normalized spacial score (nSPS) is 15.5. The Balaban J connectivity index is 1.75. The van der Waals surface area contributed by atoms with Crippen molar-refractivity contribution in [3.63, 3.8) is 0 Å². The van der Waals surface area contributed by atoms with Crippen LogP contribution in [0, 0.1) is 11.8 Å². The molecule has 0 bridgehead atoms. The molecule has 3 aromatic carbocycles. The second kappa shape index (κ2) is 12.8. The third-order valence-corrected chi connectivity index (χ3v) is 12.3. The predicted octanol–water partition coefficient (Wildman–Crippen LogP) is 5.37. The van der Waals surface area contributed by atoms with Gasteiger partial charge in [-0.15, -0.1) is 0 Å². The van der Waals surface area contributed by atoms with Gasteiger partial charge in [-0.2, -0.15) is 0 Å². The number of carbonyl (C=O) groups is 1. The molecular formula is C32H42O4Si. The Labute approximate surface area is 223 Å². The van der Waals surface area contributed by atoms with Crippen molar-refractivity contribution in [1.29, 1.82) is 0 Å². The van der Waals surface area contributed by atoms with Gasteiger partial charge in [0.05, 0.1) is 12.7 Å². The van der Waals surface area contributed by atoms with Crippen LogP contribution >= 0.6 is 0 Å². The summed E-state index contributed by atoms with van der Waals surface area (Å²) in [7, 11) is -2.71.